The number of benzene rings is 2. The Morgan fingerprint density at radius 3 is 2.62 bits per heavy atom. The summed E-state index contributed by atoms with van der Waals surface area (Å²) in [5.74, 6) is 0.403. The quantitative estimate of drug-likeness (QED) is 0.712. The summed E-state index contributed by atoms with van der Waals surface area (Å²) in [7, 11) is 0. The third-order valence-electron chi connectivity index (χ3n) is 3.62. The molecule has 0 saturated heterocycles. The Labute approximate surface area is 123 Å². The lowest BCUT2D eigenvalue weighted by Crippen LogP contribution is -2.04. The lowest BCUT2D eigenvalue weighted by Gasteiger charge is -2.14. The van der Waals surface area contributed by atoms with Crippen molar-refractivity contribution in [2.45, 2.75) is 26.8 Å². The van der Waals surface area contributed by atoms with Crippen LogP contribution in [0.4, 0.5) is 10.1 Å². The van der Waals surface area contributed by atoms with Gasteiger partial charge in [-0.15, -0.1) is 0 Å². The molecule has 1 heterocycles. The van der Waals surface area contributed by atoms with Gasteiger partial charge in [0, 0.05) is 17.3 Å². The molecule has 0 fully saturated rings. The first kappa shape index (κ1) is 13.6. The van der Waals surface area contributed by atoms with Crippen LogP contribution >= 0.6 is 0 Å². The van der Waals surface area contributed by atoms with Gasteiger partial charge in [-0.25, -0.2) is 9.37 Å². The van der Waals surface area contributed by atoms with E-state index >= 15 is 0 Å². The van der Waals surface area contributed by atoms with Gasteiger partial charge in [-0.2, -0.15) is 0 Å². The van der Waals surface area contributed by atoms with Crippen LogP contribution in [0.2, 0.25) is 0 Å². The van der Waals surface area contributed by atoms with E-state index in [4.69, 9.17) is 5.73 Å². The number of nitrogens with zero attached hydrogens (tertiary/aromatic N) is 2. The molecular weight excluding hydrogens is 265 g/mol. The molecule has 1 aromatic heterocycles. The van der Waals surface area contributed by atoms with Gasteiger partial charge in [0.15, 0.2) is 0 Å². The molecule has 2 aromatic carbocycles. The van der Waals surface area contributed by atoms with E-state index in [9.17, 15) is 4.39 Å². The highest BCUT2D eigenvalue weighted by Crippen LogP contribution is 2.32. The molecule has 2 N–H and O–H groups in total. The number of rotatable bonds is 2. The summed E-state index contributed by atoms with van der Waals surface area (Å²) in [5.41, 5.74) is 10.3. The van der Waals surface area contributed by atoms with Crippen molar-refractivity contribution in [2.24, 2.45) is 0 Å². The van der Waals surface area contributed by atoms with Gasteiger partial charge in [0.05, 0.1) is 11.0 Å². The van der Waals surface area contributed by atoms with E-state index in [1.54, 1.807) is 6.07 Å². The molecule has 0 aliphatic carbocycles. The lowest BCUT2D eigenvalue weighted by atomic mass is 10.1. The first-order valence-corrected chi connectivity index (χ1v) is 7.01. The molecule has 3 nitrogen and oxygen atoms in total. The van der Waals surface area contributed by atoms with Crippen molar-refractivity contribution >= 4 is 16.7 Å². The van der Waals surface area contributed by atoms with Crippen molar-refractivity contribution in [1.29, 1.82) is 0 Å². The van der Waals surface area contributed by atoms with Gasteiger partial charge in [-0.1, -0.05) is 6.07 Å². The molecular formula is C17H18FN3. The van der Waals surface area contributed by atoms with Crippen LogP contribution in [0.25, 0.3) is 22.4 Å². The van der Waals surface area contributed by atoms with Gasteiger partial charge in [0.2, 0.25) is 0 Å². The van der Waals surface area contributed by atoms with Crippen molar-refractivity contribution in [2.75, 3.05) is 5.73 Å². The molecule has 0 aliphatic heterocycles. The molecule has 0 saturated carbocycles. The molecule has 3 rings (SSSR count). The number of aryl methyl sites for hydroxylation is 1. The van der Waals surface area contributed by atoms with E-state index in [2.05, 4.69) is 35.5 Å². The number of aromatic nitrogens is 2. The predicted octanol–water partition coefficient (Wildman–Crippen LogP) is 4.31. The normalized spacial score (nSPS) is 11.5. The Morgan fingerprint density at radius 1 is 1.14 bits per heavy atom. The molecule has 21 heavy (non-hydrogen) atoms. The Kier molecular flexibility index (Phi) is 3.16. The van der Waals surface area contributed by atoms with Crippen LogP contribution < -0.4 is 5.73 Å². The van der Waals surface area contributed by atoms with Gasteiger partial charge in [-0.3, -0.25) is 0 Å². The summed E-state index contributed by atoms with van der Waals surface area (Å²) in [6.07, 6.45) is 0. The summed E-state index contributed by atoms with van der Waals surface area (Å²) < 4.78 is 15.7. The van der Waals surface area contributed by atoms with Crippen molar-refractivity contribution in [1.82, 2.24) is 9.55 Å². The van der Waals surface area contributed by atoms with Gasteiger partial charge in [0.1, 0.15) is 11.6 Å². The van der Waals surface area contributed by atoms with Crippen molar-refractivity contribution in [3.05, 3.63) is 47.8 Å². The summed E-state index contributed by atoms with van der Waals surface area (Å²) in [5, 5.41) is 0. The fourth-order valence-electron chi connectivity index (χ4n) is 2.64. The molecule has 3 aromatic rings. The maximum atomic E-state index is 13.6. The molecule has 108 valence electrons. The van der Waals surface area contributed by atoms with Gasteiger partial charge < -0.3 is 10.3 Å². The molecule has 4 heteroatoms. The third kappa shape index (κ3) is 2.27. The zero-order valence-electron chi connectivity index (χ0n) is 12.4. The first-order valence-electron chi connectivity index (χ1n) is 7.01. The minimum absolute atomic E-state index is 0.204. The molecule has 0 spiro atoms. The van der Waals surface area contributed by atoms with E-state index in [1.807, 2.05) is 13.0 Å². The number of nitrogens with two attached hydrogens (primary N) is 1. The third-order valence-corrected chi connectivity index (χ3v) is 3.62. The SMILES string of the molecule is Cc1ccc2c(c1)nc(-c1cc(F)ccc1N)n2C(C)C. The van der Waals surface area contributed by atoms with Gasteiger partial charge in [0.25, 0.3) is 0 Å². The maximum Gasteiger partial charge on any atom is 0.143 e. The monoisotopic (exact) mass is 283 g/mol. The molecule has 0 bridgehead atoms. The number of halogens is 1. The van der Waals surface area contributed by atoms with Crippen molar-refractivity contribution < 1.29 is 4.39 Å². The Morgan fingerprint density at radius 2 is 1.90 bits per heavy atom. The Balaban J connectivity index is 2.36. The van der Waals surface area contributed by atoms with Crippen LogP contribution in [0.1, 0.15) is 25.5 Å². The van der Waals surface area contributed by atoms with E-state index in [1.165, 1.54) is 12.1 Å². The van der Waals surface area contributed by atoms with Crippen molar-refractivity contribution in [3.8, 4) is 11.4 Å². The zero-order chi connectivity index (χ0) is 15.1. The second-order valence-electron chi connectivity index (χ2n) is 5.62. The van der Waals surface area contributed by atoms with E-state index < -0.39 is 0 Å². The summed E-state index contributed by atoms with van der Waals surface area (Å²) in [6.45, 7) is 6.20. The zero-order valence-corrected chi connectivity index (χ0v) is 12.4. The maximum absolute atomic E-state index is 13.6. The predicted molar refractivity (Wildman–Crippen MR) is 84.7 cm³/mol. The smallest absolute Gasteiger partial charge is 0.143 e. The standard InChI is InChI=1S/C17H18FN3/c1-10(2)21-16-7-4-11(3)8-15(16)20-17(21)13-9-12(18)5-6-14(13)19/h4-10H,19H2,1-3H3. The summed E-state index contributed by atoms with van der Waals surface area (Å²) in [4.78, 5) is 4.68. The highest BCUT2D eigenvalue weighted by atomic mass is 19.1. The topological polar surface area (TPSA) is 43.8 Å². The fraction of sp³-hybridized carbons (Fsp3) is 0.235. The average molecular weight is 283 g/mol. The average Bonchev–Trinajstić information content (AvgIpc) is 2.79. The van der Waals surface area contributed by atoms with Gasteiger partial charge in [-0.05, 0) is 56.7 Å². The van der Waals surface area contributed by atoms with E-state index in [0.717, 1.165) is 16.6 Å². The Bertz CT molecular complexity index is 818. The summed E-state index contributed by atoms with van der Waals surface area (Å²) in [6, 6.07) is 10.7. The number of imidazole rings is 1. The fourth-order valence-corrected chi connectivity index (χ4v) is 2.64. The molecule has 0 aliphatic rings. The minimum Gasteiger partial charge on any atom is -0.398 e. The first-order chi connectivity index (χ1) is 9.97. The number of anilines is 1. The largest absolute Gasteiger partial charge is 0.398 e. The van der Waals surface area contributed by atoms with Gasteiger partial charge >= 0.3 is 0 Å². The second kappa shape index (κ2) is 4.88. The highest BCUT2D eigenvalue weighted by Gasteiger charge is 2.17. The van der Waals surface area contributed by atoms with Crippen LogP contribution in [-0.2, 0) is 0 Å². The van der Waals surface area contributed by atoms with Crippen LogP contribution in [0, 0.1) is 12.7 Å². The molecule has 0 amide bonds. The number of hydrogen-bond acceptors (Lipinski definition) is 2. The van der Waals surface area contributed by atoms with Crippen molar-refractivity contribution in [3.63, 3.8) is 0 Å². The molecule has 0 atom stereocenters. The van der Waals surface area contributed by atoms with Crippen LogP contribution in [0.3, 0.4) is 0 Å². The molecule has 0 radical (unpaired) electrons. The highest BCUT2D eigenvalue weighted by molar-refractivity contribution is 5.84. The Hall–Kier alpha value is -2.36. The minimum atomic E-state index is -0.308. The van der Waals surface area contributed by atoms with Crippen LogP contribution in [0.15, 0.2) is 36.4 Å². The van der Waals surface area contributed by atoms with Crippen LogP contribution in [-0.4, -0.2) is 9.55 Å². The molecule has 0 unspecified atom stereocenters. The second-order valence-corrected chi connectivity index (χ2v) is 5.62. The lowest BCUT2D eigenvalue weighted by molar-refractivity contribution is 0.618. The van der Waals surface area contributed by atoms with E-state index in [0.29, 0.717) is 17.1 Å². The van der Waals surface area contributed by atoms with E-state index in [-0.39, 0.29) is 11.9 Å². The van der Waals surface area contributed by atoms with Crippen LogP contribution in [0.5, 0.6) is 0 Å². The number of fused-ring (bicyclic) bond motifs is 1. The summed E-state index contributed by atoms with van der Waals surface area (Å²) >= 11 is 0. The number of nitrogen functional groups attached to an aromatic ring is 1. The number of hydrogen-bond donors (Lipinski definition) is 1.